The summed E-state index contributed by atoms with van der Waals surface area (Å²) in [6.45, 7) is 0. The van der Waals surface area contributed by atoms with Crippen molar-refractivity contribution in [1.82, 2.24) is 9.13 Å². The molecule has 326 valence electrons. The molecule has 0 unspecified atom stereocenters. The molecule has 70 heavy (non-hydrogen) atoms. The van der Waals surface area contributed by atoms with Crippen LogP contribution in [0.25, 0.3) is 132 Å². The van der Waals surface area contributed by atoms with E-state index < -0.39 is 0 Å². The summed E-state index contributed by atoms with van der Waals surface area (Å²) in [7, 11) is 0. The summed E-state index contributed by atoms with van der Waals surface area (Å²) in [6.07, 6.45) is 0. The molecule has 0 saturated carbocycles. The fourth-order valence-electron chi connectivity index (χ4n) is 11.4. The minimum absolute atomic E-state index is 1.16. The van der Waals surface area contributed by atoms with Crippen LogP contribution in [-0.2, 0) is 0 Å². The molecule has 0 spiro atoms. The molecule has 12 aromatic carbocycles. The van der Waals surface area contributed by atoms with Crippen LogP contribution >= 0.6 is 0 Å². The minimum atomic E-state index is 1.16. The van der Waals surface area contributed by atoms with Gasteiger partial charge in [0.1, 0.15) is 0 Å². The smallest absolute Gasteiger partial charge is 0.0541 e. The molecule has 2 heteroatoms. The van der Waals surface area contributed by atoms with Crippen LogP contribution in [0, 0.1) is 0 Å². The van der Waals surface area contributed by atoms with Crippen LogP contribution in [0.2, 0.25) is 0 Å². The van der Waals surface area contributed by atoms with E-state index in [0.717, 1.165) is 11.4 Å². The minimum Gasteiger partial charge on any atom is -0.309 e. The van der Waals surface area contributed by atoms with E-state index in [-0.39, 0.29) is 0 Å². The summed E-state index contributed by atoms with van der Waals surface area (Å²) >= 11 is 0. The number of nitrogens with zero attached hydrogens (tertiary/aromatic N) is 2. The number of hydrogen-bond acceptors (Lipinski definition) is 0. The zero-order valence-electron chi connectivity index (χ0n) is 38.3. The molecule has 0 fully saturated rings. The summed E-state index contributed by atoms with van der Waals surface area (Å²) in [5, 5.41) is 9.84. The summed E-state index contributed by atoms with van der Waals surface area (Å²) in [6, 6.07) is 98.2. The van der Waals surface area contributed by atoms with Gasteiger partial charge in [-0.05, 0) is 150 Å². The second kappa shape index (κ2) is 16.2. The molecular formula is C68H44N2. The van der Waals surface area contributed by atoms with Crippen molar-refractivity contribution in [3.63, 3.8) is 0 Å². The number of fused-ring (bicyclic) bond motifs is 8. The van der Waals surface area contributed by atoms with Crippen molar-refractivity contribution >= 4 is 65.2 Å². The van der Waals surface area contributed by atoms with Gasteiger partial charge in [0.15, 0.2) is 0 Å². The molecule has 0 aliphatic heterocycles. The standard InChI is InChI=1S/C68H44N2/c1-5-19-45(20-6-1)47-35-38-58(59(41-47)46-21-7-2-8-22-46)68-56-31-17-29-52(48-36-39-66-62(42-48)54-27-13-15-33-64(54)69(66)50-23-9-3-10-24-50)60(56)44-61-53(30-18-32-57(61)68)49-37-40-67-63(43-49)55-28-14-16-34-65(55)70(67)51-25-11-4-12-26-51/h1-44H. The fourth-order valence-corrected chi connectivity index (χ4v) is 11.4. The number of para-hydroxylation sites is 4. The Morgan fingerprint density at radius 3 is 1.11 bits per heavy atom. The third-order valence-corrected chi connectivity index (χ3v) is 14.5. The van der Waals surface area contributed by atoms with Crippen LogP contribution in [-0.4, -0.2) is 9.13 Å². The molecule has 0 aliphatic carbocycles. The lowest BCUT2D eigenvalue weighted by Crippen LogP contribution is -1.94. The average Bonchev–Trinajstić information content (AvgIpc) is 3.95. The van der Waals surface area contributed by atoms with Gasteiger partial charge in [-0.3, -0.25) is 0 Å². The first-order valence-electron chi connectivity index (χ1n) is 24.2. The highest BCUT2D eigenvalue weighted by atomic mass is 15.0. The molecule has 0 bridgehead atoms. The van der Waals surface area contributed by atoms with Crippen LogP contribution < -0.4 is 0 Å². The average molecular weight is 889 g/mol. The predicted octanol–water partition coefficient (Wildman–Crippen LogP) is 18.5. The van der Waals surface area contributed by atoms with Gasteiger partial charge in [-0.2, -0.15) is 0 Å². The zero-order chi connectivity index (χ0) is 46.1. The first kappa shape index (κ1) is 39.9. The van der Waals surface area contributed by atoms with E-state index in [9.17, 15) is 0 Å². The Bertz CT molecular complexity index is 4100. The lowest BCUT2D eigenvalue weighted by molar-refractivity contribution is 1.18. The summed E-state index contributed by atoms with van der Waals surface area (Å²) in [5.74, 6) is 0. The first-order valence-corrected chi connectivity index (χ1v) is 24.2. The molecule has 2 heterocycles. The Morgan fingerprint density at radius 1 is 0.186 bits per heavy atom. The molecule has 0 amide bonds. The molecule has 14 aromatic rings. The summed E-state index contributed by atoms with van der Waals surface area (Å²) in [5.41, 5.74) is 19.1. The van der Waals surface area contributed by atoms with Gasteiger partial charge in [-0.25, -0.2) is 0 Å². The molecule has 0 saturated heterocycles. The van der Waals surface area contributed by atoms with Crippen LogP contribution in [0.4, 0.5) is 0 Å². The Morgan fingerprint density at radius 2 is 0.600 bits per heavy atom. The fraction of sp³-hybridized carbons (Fsp3) is 0. The van der Waals surface area contributed by atoms with Gasteiger partial charge in [0.05, 0.1) is 22.1 Å². The Balaban J connectivity index is 1.06. The maximum absolute atomic E-state index is 2.48. The highest BCUT2D eigenvalue weighted by Gasteiger charge is 2.21. The monoisotopic (exact) mass is 888 g/mol. The molecule has 0 atom stereocenters. The number of benzene rings is 12. The van der Waals surface area contributed by atoms with E-state index in [2.05, 4.69) is 276 Å². The van der Waals surface area contributed by atoms with Crippen LogP contribution in [0.5, 0.6) is 0 Å². The zero-order valence-corrected chi connectivity index (χ0v) is 38.3. The van der Waals surface area contributed by atoms with Crippen molar-refractivity contribution in [3.05, 3.63) is 267 Å². The van der Waals surface area contributed by atoms with E-state index in [1.807, 2.05) is 0 Å². The van der Waals surface area contributed by atoms with E-state index in [1.54, 1.807) is 0 Å². The summed E-state index contributed by atoms with van der Waals surface area (Å²) in [4.78, 5) is 0. The lowest BCUT2D eigenvalue weighted by atomic mass is 9.83. The second-order valence-corrected chi connectivity index (χ2v) is 18.4. The van der Waals surface area contributed by atoms with Gasteiger partial charge in [0.2, 0.25) is 0 Å². The van der Waals surface area contributed by atoms with Gasteiger partial charge >= 0.3 is 0 Å². The van der Waals surface area contributed by atoms with E-state index in [4.69, 9.17) is 0 Å². The van der Waals surface area contributed by atoms with Crippen molar-refractivity contribution in [1.29, 1.82) is 0 Å². The van der Waals surface area contributed by atoms with Gasteiger partial charge in [-0.15, -0.1) is 0 Å². The van der Waals surface area contributed by atoms with Crippen molar-refractivity contribution < 1.29 is 0 Å². The van der Waals surface area contributed by atoms with Gasteiger partial charge < -0.3 is 9.13 Å². The van der Waals surface area contributed by atoms with Crippen LogP contribution in [0.1, 0.15) is 0 Å². The van der Waals surface area contributed by atoms with Gasteiger partial charge in [0, 0.05) is 32.9 Å². The maximum atomic E-state index is 2.48. The highest BCUT2D eigenvalue weighted by molar-refractivity contribution is 6.21. The van der Waals surface area contributed by atoms with Gasteiger partial charge in [-0.1, -0.05) is 194 Å². The molecule has 2 nitrogen and oxygen atoms in total. The molecular weight excluding hydrogens is 845 g/mol. The molecule has 0 aliphatic rings. The number of rotatable bonds is 7. The Labute approximate surface area is 406 Å². The number of hydrogen-bond donors (Lipinski definition) is 0. The van der Waals surface area contributed by atoms with Crippen LogP contribution in [0.3, 0.4) is 0 Å². The molecule has 0 N–H and O–H groups in total. The van der Waals surface area contributed by atoms with Crippen molar-refractivity contribution in [2.75, 3.05) is 0 Å². The van der Waals surface area contributed by atoms with Crippen molar-refractivity contribution in [2.45, 2.75) is 0 Å². The van der Waals surface area contributed by atoms with E-state index >= 15 is 0 Å². The Hall–Kier alpha value is -9.24. The third kappa shape index (κ3) is 6.35. The van der Waals surface area contributed by atoms with Crippen LogP contribution in [0.15, 0.2) is 267 Å². The number of aromatic nitrogens is 2. The normalized spacial score (nSPS) is 11.7. The second-order valence-electron chi connectivity index (χ2n) is 18.4. The largest absolute Gasteiger partial charge is 0.309 e. The predicted molar refractivity (Wildman–Crippen MR) is 297 cm³/mol. The molecule has 0 radical (unpaired) electrons. The quantitative estimate of drug-likeness (QED) is 0.141. The maximum Gasteiger partial charge on any atom is 0.0541 e. The SMILES string of the molecule is c1ccc(-c2ccc(-c3c4cccc(-c5ccc6c(c5)c5ccccc5n6-c5ccccc5)c4cc4c(-c5ccc6c(c5)c5ccccc5n6-c5ccccc5)cccc34)c(-c3ccccc3)c2)cc1. The van der Waals surface area contributed by atoms with Crippen molar-refractivity contribution in [2.24, 2.45) is 0 Å². The lowest BCUT2D eigenvalue weighted by Gasteiger charge is -2.20. The highest BCUT2D eigenvalue weighted by Crippen LogP contribution is 2.48. The Kier molecular flexibility index (Phi) is 9.25. The summed E-state index contributed by atoms with van der Waals surface area (Å²) < 4.78 is 4.79. The van der Waals surface area contributed by atoms with E-state index in [1.165, 1.54) is 121 Å². The topological polar surface area (TPSA) is 9.86 Å². The molecule has 14 rings (SSSR count). The first-order chi connectivity index (χ1) is 34.7. The van der Waals surface area contributed by atoms with Gasteiger partial charge in [0.25, 0.3) is 0 Å². The van der Waals surface area contributed by atoms with Crippen molar-refractivity contribution in [3.8, 4) is 67.0 Å². The van der Waals surface area contributed by atoms with E-state index in [0.29, 0.717) is 0 Å². The third-order valence-electron chi connectivity index (χ3n) is 14.5. The molecule has 2 aromatic heterocycles.